The molecule has 0 aliphatic heterocycles. The Bertz CT molecular complexity index is 361. The zero-order valence-electron chi connectivity index (χ0n) is 10.3. The molecule has 0 aliphatic rings. The molecule has 1 heterocycles. The van der Waals surface area contributed by atoms with Crippen LogP contribution in [0.2, 0.25) is 0 Å². The van der Waals surface area contributed by atoms with Crippen molar-refractivity contribution in [1.29, 1.82) is 0 Å². The number of rotatable bonds is 3. The van der Waals surface area contributed by atoms with E-state index in [4.69, 9.17) is 0 Å². The van der Waals surface area contributed by atoms with Crippen LogP contribution in [0.1, 0.15) is 39.4 Å². The summed E-state index contributed by atoms with van der Waals surface area (Å²) in [5, 5.41) is 12.2. The van der Waals surface area contributed by atoms with Crippen molar-refractivity contribution in [1.82, 2.24) is 9.88 Å². The number of nitrogens with one attached hydrogen (secondary N) is 1. The van der Waals surface area contributed by atoms with Gasteiger partial charge in [0.2, 0.25) is 5.91 Å². The molecule has 0 saturated carbocycles. The maximum atomic E-state index is 11.6. The maximum absolute atomic E-state index is 11.6. The van der Waals surface area contributed by atoms with E-state index < -0.39 is 6.10 Å². The van der Waals surface area contributed by atoms with E-state index in [1.54, 1.807) is 23.9 Å². The van der Waals surface area contributed by atoms with Crippen LogP contribution in [0.5, 0.6) is 0 Å². The minimum Gasteiger partial charge on any atom is -0.389 e. The number of hydrogen-bond donors (Lipinski definition) is 2. The molecule has 1 aromatic heterocycles. The fourth-order valence-electron chi connectivity index (χ4n) is 1.43. The SMILES string of the molecule is CC(O)c1ccn(CC(=O)NC(C)(C)C)c1. The second kappa shape index (κ2) is 4.70. The van der Waals surface area contributed by atoms with Crippen molar-refractivity contribution in [2.75, 3.05) is 0 Å². The molecule has 1 aromatic rings. The molecule has 1 atom stereocenters. The summed E-state index contributed by atoms with van der Waals surface area (Å²) in [6, 6.07) is 1.81. The Morgan fingerprint density at radius 3 is 2.62 bits per heavy atom. The van der Waals surface area contributed by atoms with Crippen molar-refractivity contribution in [3.63, 3.8) is 0 Å². The van der Waals surface area contributed by atoms with Gasteiger partial charge in [0.25, 0.3) is 0 Å². The molecule has 0 bridgehead atoms. The number of aliphatic hydroxyl groups is 1. The summed E-state index contributed by atoms with van der Waals surface area (Å²) >= 11 is 0. The lowest BCUT2D eigenvalue weighted by atomic mass is 10.1. The number of nitrogens with zero attached hydrogens (tertiary/aromatic N) is 1. The molecule has 0 radical (unpaired) electrons. The highest BCUT2D eigenvalue weighted by Gasteiger charge is 2.14. The zero-order valence-corrected chi connectivity index (χ0v) is 10.3. The summed E-state index contributed by atoms with van der Waals surface area (Å²) in [6.07, 6.45) is 3.09. The molecule has 0 aliphatic carbocycles. The predicted octanol–water partition coefficient (Wildman–Crippen LogP) is 1.46. The van der Waals surface area contributed by atoms with Gasteiger partial charge in [0.15, 0.2) is 0 Å². The second-order valence-corrected chi connectivity index (χ2v) is 5.09. The highest BCUT2D eigenvalue weighted by molar-refractivity contribution is 5.76. The quantitative estimate of drug-likeness (QED) is 0.816. The van der Waals surface area contributed by atoms with E-state index in [2.05, 4.69) is 5.32 Å². The number of carbonyl (C=O) groups excluding carboxylic acids is 1. The molecule has 2 N–H and O–H groups in total. The van der Waals surface area contributed by atoms with Crippen molar-refractivity contribution in [2.45, 2.75) is 45.9 Å². The van der Waals surface area contributed by atoms with Crippen LogP contribution in [-0.2, 0) is 11.3 Å². The first-order valence-corrected chi connectivity index (χ1v) is 5.43. The van der Waals surface area contributed by atoms with Crippen LogP contribution in [0.4, 0.5) is 0 Å². The number of aliphatic hydroxyl groups excluding tert-OH is 1. The summed E-state index contributed by atoms with van der Waals surface area (Å²) in [6.45, 7) is 7.82. The molecule has 1 rings (SSSR count). The second-order valence-electron chi connectivity index (χ2n) is 5.09. The third-order valence-corrected chi connectivity index (χ3v) is 2.10. The Hall–Kier alpha value is -1.29. The van der Waals surface area contributed by atoms with Gasteiger partial charge in [0.1, 0.15) is 6.54 Å². The van der Waals surface area contributed by atoms with Crippen LogP contribution < -0.4 is 5.32 Å². The number of hydrogen-bond acceptors (Lipinski definition) is 2. The molecule has 1 unspecified atom stereocenters. The first-order chi connectivity index (χ1) is 7.28. The van der Waals surface area contributed by atoms with Gasteiger partial charge < -0.3 is 15.0 Å². The van der Waals surface area contributed by atoms with Crippen molar-refractivity contribution in [2.24, 2.45) is 0 Å². The van der Waals surface area contributed by atoms with Crippen LogP contribution in [0, 0.1) is 0 Å². The summed E-state index contributed by atoms with van der Waals surface area (Å²) < 4.78 is 1.77. The summed E-state index contributed by atoms with van der Waals surface area (Å²) in [7, 11) is 0. The Balaban J connectivity index is 2.57. The molecular weight excluding hydrogens is 204 g/mol. The van der Waals surface area contributed by atoms with Crippen molar-refractivity contribution >= 4 is 5.91 Å². The van der Waals surface area contributed by atoms with Crippen molar-refractivity contribution in [3.05, 3.63) is 24.0 Å². The van der Waals surface area contributed by atoms with Crippen LogP contribution in [-0.4, -0.2) is 21.1 Å². The monoisotopic (exact) mass is 224 g/mol. The average molecular weight is 224 g/mol. The van der Waals surface area contributed by atoms with Gasteiger partial charge in [-0.1, -0.05) is 0 Å². The summed E-state index contributed by atoms with van der Waals surface area (Å²) in [4.78, 5) is 11.6. The molecule has 0 spiro atoms. The summed E-state index contributed by atoms with van der Waals surface area (Å²) in [5.41, 5.74) is 0.612. The van der Waals surface area contributed by atoms with Gasteiger partial charge in [-0.15, -0.1) is 0 Å². The predicted molar refractivity (Wildman–Crippen MR) is 63.0 cm³/mol. The molecule has 4 nitrogen and oxygen atoms in total. The highest BCUT2D eigenvalue weighted by Crippen LogP contribution is 2.11. The highest BCUT2D eigenvalue weighted by atomic mass is 16.3. The minimum atomic E-state index is -0.494. The smallest absolute Gasteiger partial charge is 0.240 e. The van der Waals surface area contributed by atoms with Gasteiger partial charge in [-0.25, -0.2) is 0 Å². The summed E-state index contributed by atoms with van der Waals surface area (Å²) in [5.74, 6) is -0.0276. The number of carbonyl (C=O) groups is 1. The van der Waals surface area contributed by atoms with Gasteiger partial charge in [-0.2, -0.15) is 0 Å². The average Bonchev–Trinajstić information content (AvgIpc) is 2.48. The molecule has 4 heteroatoms. The van der Waals surface area contributed by atoms with E-state index in [1.165, 1.54) is 0 Å². The van der Waals surface area contributed by atoms with E-state index in [1.807, 2.05) is 26.8 Å². The normalized spacial score (nSPS) is 13.6. The van der Waals surface area contributed by atoms with Gasteiger partial charge in [-0.05, 0) is 39.3 Å². The van der Waals surface area contributed by atoms with E-state index in [9.17, 15) is 9.90 Å². The lowest BCUT2D eigenvalue weighted by molar-refractivity contribution is -0.123. The van der Waals surface area contributed by atoms with E-state index in [-0.39, 0.29) is 18.0 Å². The molecule has 90 valence electrons. The topological polar surface area (TPSA) is 54.3 Å². The fourth-order valence-corrected chi connectivity index (χ4v) is 1.43. The van der Waals surface area contributed by atoms with Gasteiger partial charge in [0.05, 0.1) is 6.10 Å². The van der Waals surface area contributed by atoms with E-state index in [0.717, 1.165) is 5.56 Å². The Kier molecular flexibility index (Phi) is 3.75. The molecule has 16 heavy (non-hydrogen) atoms. The lowest BCUT2D eigenvalue weighted by Crippen LogP contribution is -2.42. The minimum absolute atomic E-state index is 0.0276. The maximum Gasteiger partial charge on any atom is 0.240 e. The largest absolute Gasteiger partial charge is 0.389 e. The molecular formula is C12H20N2O2. The molecule has 0 aromatic carbocycles. The zero-order chi connectivity index (χ0) is 12.3. The lowest BCUT2D eigenvalue weighted by Gasteiger charge is -2.20. The fraction of sp³-hybridized carbons (Fsp3) is 0.583. The van der Waals surface area contributed by atoms with Gasteiger partial charge >= 0.3 is 0 Å². The first kappa shape index (κ1) is 12.8. The van der Waals surface area contributed by atoms with Gasteiger partial charge in [-0.3, -0.25) is 4.79 Å². The van der Waals surface area contributed by atoms with Crippen LogP contribution in [0.15, 0.2) is 18.5 Å². The van der Waals surface area contributed by atoms with Crippen LogP contribution >= 0.6 is 0 Å². The first-order valence-electron chi connectivity index (χ1n) is 5.43. The Morgan fingerprint density at radius 2 is 2.19 bits per heavy atom. The number of amides is 1. The molecule has 1 amide bonds. The number of aromatic nitrogens is 1. The standard InChI is InChI=1S/C12H20N2O2/c1-9(15)10-5-6-14(7-10)8-11(16)13-12(2,3)4/h5-7,9,15H,8H2,1-4H3,(H,13,16). The van der Waals surface area contributed by atoms with Crippen molar-refractivity contribution < 1.29 is 9.90 Å². The van der Waals surface area contributed by atoms with E-state index >= 15 is 0 Å². The third kappa shape index (κ3) is 4.06. The molecule has 0 saturated heterocycles. The Labute approximate surface area is 96.3 Å². The molecule has 0 fully saturated rings. The van der Waals surface area contributed by atoms with Crippen LogP contribution in [0.25, 0.3) is 0 Å². The van der Waals surface area contributed by atoms with Crippen LogP contribution in [0.3, 0.4) is 0 Å². The van der Waals surface area contributed by atoms with E-state index in [0.29, 0.717) is 0 Å². The van der Waals surface area contributed by atoms with Crippen molar-refractivity contribution in [3.8, 4) is 0 Å². The van der Waals surface area contributed by atoms with Gasteiger partial charge in [0, 0.05) is 17.9 Å². The third-order valence-electron chi connectivity index (χ3n) is 2.10. The Morgan fingerprint density at radius 1 is 1.56 bits per heavy atom.